The van der Waals surface area contributed by atoms with Gasteiger partial charge in [-0.3, -0.25) is 0 Å². The molecule has 0 aromatic heterocycles. The van der Waals surface area contributed by atoms with E-state index >= 15 is 0 Å². The van der Waals surface area contributed by atoms with Crippen LogP contribution in [0.25, 0.3) is 0 Å². The molecule has 1 saturated carbocycles. The van der Waals surface area contributed by atoms with E-state index < -0.39 is 5.83 Å². The standard InChI is InChI=1S/C17H19F2N/c18-16-10-8-15(9-11-16)14-6-4-13(5-7-14)2-1-3-17(19)12-20/h3,8-11,13-14H,1-2,4-7H2/t13-,14-. The Kier molecular flexibility index (Phi) is 5.29. The maximum absolute atomic E-state index is 12.9. The SMILES string of the molecule is N#CC(F)=CCC[C@H]1CC[C@H](c2ccc(F)cc2)CC1. The molecule has 0 N–H and O–H groups in total. The molecule has 1 aromatic carbocycles. The number of hydrogen-bond acceptors (Lipinski definition) is 1. The fourth-order valence-electron chi connectivity index (χ4n) is 3.01. The Morgan fingerprint density at radius 3 is 2.45 bits per heavy atom. The van der Waals surface area contributed by atoms with Gasteiger partial charge in [-0.15, -0.1) is 0 Å². The molecule has 0 aliphatic heterocycles. The Labute approximate surface area is 118 Å². The predicted molar refractivity (Wildman–Crippen MR) is 75.1 cm³/mol. The van der Waals surface area contributed by atoms with Crippen LogP contribution in [0.3, 0.4) is 0 Å². The Morgan fingerprint density at radius 1 is 1.20 bits per heavy atom. The molecule has 0 radical (unpaired) electrons. The predicted octanol–water partition coefficient (Wildman–Crippen LogP) is 5.26. The molecule has 1 aromatic rings. The fourth-order valence-corrected chi connectivity index (χ4v) is 3.01. The average Bonchev–Trinajstić information content (AvgIpc) is 2.48. The molecular weight excluding hydrogens is 256 g/mol. The summed E-state index contributed by atoms with van der Waals surface area (Å²) in [6, 6.07) is 8.31. The van der Waals surface area contributed by atoms with E-state index in [1.54, 1.807) is 0 Å². The van der Waals surface area contributed by atoms with Crippen LogP contribution in [0.5, 0.6) is 0 Å². The first-order valence-corrected chi connectivity index (χ1v) is 7.20. The molecule has 2 rings (SSSR count). The van der Waals surface area contributed by atoms with Crippen LogP contribution in [0.4, 0.5) is 8.78 Å². The zero-order valence-corrected chi connectivity index (χ0v) is 11.5. The van der Waals surface area contributed by atoms with Crippen molar-refractivity contribution in [2.45, 2.75) is 44.4 Å². The van der Waals surface area contributed by atoms with Crippen LogP contribution in [0, 0.1) is 23.1 Å². The summed E-state index contributed by atoms with van der Waals surface area (Å²) in [5.74, 6) is 0.284. The van der Waals surface area contributed by atoms with E-state index in [4.69, 9.17) is 5.26 Å². The fraction of sp³-hybridized carbons (Fsp3) is 0.471. The normalized spacial score (nSPS) is 23.4. The highest BCUT2D eigenvalue weighted by atomic mass is 19.1. The van der Waals surface area contributed by atoms with Gasteiger partial charge in [0.1, 0.15) is 11.9 Å². The lowest BCUT2D eigenvalue weighted by Gasteiger charge is -2.28. The van der Waals surface area contributed by atoms with Crippen molar-refractivity contribution >= 4 is 0 Å². The highest BCUT2D eigenvalue weighted by Crippen LogP contribution is 2.37. The highest BCUT2D eigenvalue weighted by Gasteiger charge is 2.21. The molecule has 106 valence electrons. The van der Waals surface area contributed by atoms with Crippen molar-refractivity contribution in [1.82, 2.24) is 0 Å². The maximum Gasteiger partial charge on any atom is 0.196 e. The Hall–Kier alpha value is -1.69. The molecule has 0 spiro atoms. The first-order valence-electron chi connectivity index (χ1n) is 7.20. The van der Waals surface area contributed by atoms with E-state index in [1.165, 1.54) is 29.8 Å². The molecule has 1 nitrogen and oxygen atoms in total. The Balaban J connectivity index is 1.78. The minimum absolute atomic E-state index is 0.186. The van der Waals surface area contributed by atoms with Gasteiger partial charge in [-0.05, 0) is 74.1 Å². The van der Waals surface area contributed by atoms with Crippen LogP contribution in [0.2, 0.25) is 0 Å². The van der Waals surface area contributed by atoms with Crippen LogP contribution in [0.15, 0.2) is 36.2 Å². The van der Waals surface area contributed by atoms with Crippen LogP contribution in [-0.4, -0.2) is 0 Å². The minimum Gasteiger partial charge on any atom is -0.207 e. The molecule has 3 heteroatoms. The molecule has 1 aliphatic rings. The zero-order valence-electron chi connectivity index (χ0n) is 11.5. The van der Waals surface area contributed by atoms with Crippen molar-refractivity contribution in [2.24, 2.45) is 5.92 Å². The number of rotatable bonds is 4. The van der Waals surface area contributed by atoms with Crippen LogP contribution in [0.1, 0.15) is 50.0 Å². The molecule has 0 unspecified atom stereocenters. The second kappa shape index (κ2) is 7.19. The lowest BCUT2D eigenvalue weighted by Crippen LogP contribution is -2.13. The molecule has 0 atom stereocenters. The molecule has 1 aliphatic carbocycles. The zero-order chi connectivity index (χ0) is 14.4. The topological polar surface area (TPSA) is 23.8 Å². The number of nitrogens with zero attached hydrogens (tertiary/aromatic N) is 1. The molecule has 0 saturated heterocycles. The van der Waals surface area contributed by atoms with E-state index in [0.29, 0.717) is 18.3 Å². The van der Waals surface area contributed by atoms with Crippen molar-refractivity contribution in [3.8, 4) is 6.07 Å². The van der Waals surface area contributed by atoms with Crippen molar-refractivity contribution in [3.63, 3.8) is 0 Å². The summed E-state index contributed by atoms with van der Waals surface area (Å²) < 4.78 is 25.6. The summed E-state index contributed by atoms with van der Waals surface area (Å²) in [6.45, 7) is 0. The number of hydrogen-bond donors (Lipinski definition) is 0. The van der Waals surface area contributed by atoms with Crippen molar-refractivity contribution in [2.75, 3.05) is 0 Å². The van der Waals surface area contributed by atoms with Gasteiger partial charge in [0.25, 0.3) is 0 Å². The van der Waals surface area contributed by atoms with Gasteiger partial charge in [-0.1, -0.05) is 12.1 Å². The van der Waals surface area contributed by atoms with Gasteiger partial charge in [0.05, 0.1) is 0 Å². The lowest BCUT2D eigenvalue weighted by atomic mass is 9.77. The first-order chi connectivity index (χ1) is 9.69. The van der Waals surface area contributed by atoms with Gasteiger partial charge in [0.15, 0.2) is 5.83 Å². The molecule has 20 heavy (non-hydrogen) atoms. The minimum atomic E-state index is -0.676. The Morgan fingerprint density at radius 2 is 1.85 bits per heavy atom. The van der Waals surface area contributed by atoms with E-state index in [2.05, 4.69) is 0 Å². The van der Waals surface area contributed by atoms with Gasteiger partial charge in [0, 0.05) is 0 Å². The second-order valence-electron chi connectivity index (χ2n) is 5.51. The number of nitriles is 1. The van der Waals surface area contributed by atoms with Gasteiger partial charge < -0.3 is 0 Å². The molecule has 0 amide bonds. The summed E-state index contributed by atoms with van der Waals surface area (Å²) in [4.78, 5) is 0. The summed E-state index contributed by atoms with van der Waals surface area (Å²) in [7, 11) is 0. The van der Waals surface area contributed by atoms with E-state index in [1.807, 2.05) is 12.1 Å². The Bertz CT molecular complexity index is 491. The lowest BCUT2D eigenvalue weighted by molar-refractivity contribution is 0.311. The highest BCUT2D eigenvalue weighted by molar-refractivity contribution is 5.21. The second-order valence-corrected chi connectivity index (χ2v) is 5.51. The maximum atomic E-state index is 12.9. The third-order valence-corrected chi connectivity index (χ3v) is 4.19. The van der Waals surface area contributed by atoms with Crippen LogP contribution >= 0.6 is 0 Å². The molecule has 1 fully saturated rings. The van der Waals surface area contributed by atoms with Crippen LogP contribution in [-0.2, 0) is 0 Å². The van der Waals surface area contributed by atoms with Crippen molar-refractivity contribution < 1.29 is 8.78 Å². The number of benzene rings is 1. The van der Waals surface area contributed by atoms with E-state index in [9.17, 15) is 8.78 Å². The summed E-state index contributed by atoms with van der Waals surface area (Å²) in [5.41, 5.74) is 1.22. The quantitative estimate of drug-likeness (QED) is 0.688. The smallest absolute Gasteiger partial charge is 0.196 e. The van der Waals surface area contributed by atoms with E-state index in [0.717, 1.165) is 32.1 Å². The first kappa shape index (κ1) is 14.7. The molecular formula is C17H19F2N. The monoisotopic (exact) mass is 275 g/mol. The van der Waals surface area contributed by atoms with Gasteiger partial charge in [-0.25, -0.2) is 4.39 Å². The van der Waals surface area contributed by atoms with Crippen molar-refractivity contribution in [1.29, 1.82) is 5.26 Å². The average molecular weight is 275 g/mol. The van der Waals surface area contributed by atoms with Crippen LogP contribution < -0.4 is 0 Å². The van der Waals surface area contributed by atoms with Gasteiger partial charge in [0.2, 0.25) is 0 Å². The molecule has 0 bridgehead atoms. The van der Waals surface area contributed by atoms with Crippen molar-refractivity contribution in [3.05, 3.63) is 47.5 Å². The third kappa shape index (κ3) is 4.16. The van der Waals surface area contributed by atoms with Gasteiger partial charge in [-0.2, -0.15) is 9.65 Å². The number of halogens is 2. The van der Waals surface area contributed by atoms with E-state index in [-0.39, 0.29) is 5.82 Å². The summed E-state index contributed by atoms with van der Waals surface area (Å²) in [6.07, 6.45) is 7.46. The number of allylic oxidation sites excluding steroid dienone is 2. The largest absolute Gasteiger partial charge is 0.207 e. The summed E-state index contributed by atoms with van der Waals surface area (Å²) in [5, 5.41) is 8.33. The van der Waals surface area contributed by atoms with Gasteiger partial charge >= 0.3 is 0 Å². The third-order valence-electron chi connectivity index (χ3n) is 4.19. The summed E-state index contributed by atoms with van der Waals surface area (Å²) >= 11 is 0. The molecule has 0 heterocycles.